The molecule has 0 saturated carbocycles. The Hall–Kier alpha value is -1.33. The number of halogens is 1. The van der Waals surface area contributed by atoms with Gasteiger partial charge in [-0.2, -0.15) is 13.1 Å². The Bertz CT molecular complexity index is 763. The molecule has 2 unspecified atom stereocenters. The number of aromatic nitrogens is 4. The first-order chi connectivity index (χ1) is 9.94. The van der Waals surface area contributed by atoms with Crippen LogP contribution in [0.1, 0.15) is 6.23 Å². The van der Waals surface area contributed by atoms with Crippen LogP contribution in [0.15, 0.2) is 12.7 Å². The number of rotatable bonds is 4. The summed E-state index contributed by atoms with van der Waals surface area (Å²) in [5, 5.41) is 5.13. The van der Waals surface area contributed by atoms with E-state index >= 15 is 0 Å². The molecule has 112 valence electrons. The standard InChI is InChI=1S/C10H11ClN6O3S/c11-9-8-10(14-4-13-9)17(5-15-8)7-2-1-6(20-7)3-16-21(12,18)19/h1-2,4-7,16H,3H2,(H2,12,18,19). The lowest BCUT2D eigenvalue weighted by molar-refractivity contribution is 0.0235. The van der Waals surface area contributed by atoms with Gasteiger partial charge in [-0.25, -0.2) is 20.1 Å². The molecule has 11 heteroatoms. The van der Waals surface area contributed by atoms with Gasteiger partial charge in [0.15, 0.2) is 10.8 Å². The van der Waals surface area contributed by atoms with Gasteiger partial charge in [0, 0.05) is 13.0 Å². The van der Waals surface area contributed by atoms with E-state index < -0.39 is 22.5 Å². The van der Waals surface area contributed by atoms with Crippen LogP contribution in [0.5, 0.6) is 0 Å². The third-order valence-electron chi connectivity index (χ3n) is 2.88. The van der Waals surface area contributed by atoms with Crippen molar-refractivity contribution in [1.29, 1.82) is 0 Å². The van der Waals surface area contributed by atoms with Crippen LogP contribution >= 0.6 is 11.6 Å². The van der Waals surface area contributed by atoms with Gasteiger partial charge in [0.2, 0.25) is 0 Å². The summed E-state index contributed by atoms with van der Waals surface area (Å²) in [5.74, 6) is 0. The van der Waals surface area contributed by atoms with E-state index in [4.69, 9.17) is 21.5 Å². The second kappa shape index (κ2) is 5.46. The Labute approximate surface area is 125 Å². The normalized spacial score (nSPS) is 23.0. The Kier molecular flexibility index (Phi) is 3.80. The fraction of sp³-hybridized carbons (Fsp3) is 0.300. The molecule has 2 aromatic heterocycles. The summed E-state index contributed by atoms with van der Waals surface area (Å²) in [7, 11) is -3.74. The predicted molar refractivity (Wildman–Crippen MR) is 74.0 cm³/mol. The molecule has 1 aliphatic heterocycles. The number of hydrogen-bond donors (Lipinski definition) is 2. The van der Waals surface area contributed by atoms with E-state index in [1.165, 1.54) is 12.7 Å². The maximum Gasteiger partial charge on any atom is 0.274 e. The zero-order chi connectivity index (χ0) is 15.0. The van der Waals surface area contributed by atoms with Crippen molar-refractivity contribution in [2.45, 2.75) is 12.3 Å². The van der Waals surface area contributed by atoms with E-state index in [9.17, 15) is 8.42 Å². The van der Waals surface area contributed by atoms with Gasteiger partial charge in [-0.3, -0.25) is 4.57 Å². The lowest BCUT2D eigenvalue weighted by atomic mass is 10.2. The first-order valence-corrected chi connectivity index (χ1v) is 7.81. The SMILES string of the molecule is NS(=O)(=O)NCC1[CH][CH]C(n2cnc3c(Cl)ncnc32)O1. The van der Waals surface area contributed by atoms with Crippen molar-refractivity contribution in [2.24, 2.45) is 5.14 Å². The summed E-state index contributed by atoms with van der Waals surface area (Å²) in [5.41, 5.74) is 1.01. The smallest absolute Gasteiger partial charge is 0.274 e. The third-order valence-corrected chi connectivity index (χ3v) is 3.72. The molecule has 0 aromatic carbocycles. The van der Waals surface area contributed by atoms with Gasteiger partial charge in [0.25, 0.3) is 10.2 Å². The van der Waals surface area contributed by atoms with E-state index in [2.05, 4.69) is 19.7 Å². The lowest BCUT2D eigenvalue weighted by Crippen LogP contribution is -2.36. The molecular formula is C10H11ClN6O3S. The maximum absolute atomic E-state index is 10.9. The highest BCUT2D eigenvalue weighted by Gasteiger charge is 2.29. The minimum absolute atomic E-state index is 0.0498. The van der Waals surface area contributed by atoms with E-state index in [0.29, 0.717) is 11.2 Å². The minimum Gasteiger partial charge on any atom is -0.353 e. The highest BCUT2D eigenvalue weighted by molar-refractivity contribution is 7.87. The molecule has 21 heavy (non-hydrogen) atoms. The van der Waals surface area contributed by atoms with Crippen molar-refractivity contribution in [3.63, 3.8) is 0 Å². The molecule has 3 heterocycles. The Morgan fingerprint density at radius 2 is 2.19 bits per heavy atom. The zero-order valence-corrected chi connectivity index (χ0v) is 12.1. The Balaban J connectivity index is 1.75. The summed E-state index contributed by atoms with van der Waals surface area (Å²) < 4.78 is 31.2. The molecule has 0 aliphatic carbocycles. The van der Waals surface area contributed by atoms with Crippen LogP contribution in [0.25, 0.3) is 11.2 Å². The molecule has 0 amide bonds. The Morgan fingerprint density at radius 1 is 1.38 bits per heavy atom. The number of ether oxygens (including phenoxy) is 1. The van der Waals surface area contributed by atoms with Gasteiger partial charge < -0.3 is 4.74 Å². The van der Waals surface area contributed by atoms with Crippen LogP contribution in [0.4, 0.5) is 0 Å². The van der Waals surface area contributed by atoms with Crippen LogP contribution in [-0.4, -0.2) is 40.6 Å². The van der Waals surface area contributed by atoms with Gasteiger partial charge in [-0.15, -0.1) is 0 Å². The van der Waals surface area contributed by atoms with Crippen molar-refractivity contribution < 1.29 is 13.2 Å². The highest BCUT2D eigenvalue weighted by atomic mass is 35.5. The lowest BCUT2D eigenvalue weighted by Gasteiger charge is -2.14. The van der Waals surface area contributed by atoms with E-state index in [0.717, 1.165) is 0 Å². The topological polar surface area (TPSA) is 125 Å². The Morgan fingerprint density at radius 3 is 2.95 bits per heavy atom. The molecule has 2 radical (unpaired) electrons. The van der Waals surface area contributed by atoms with E-state index in [1.807, 2.05) is 0 Å². The molecule has 0 spiro atoms. The molecular weight excluding hydrogens is 320 g/mol. The predicted octanol–water partition coefficient (Wildman–Crippen LogP) is -0.421. The highest BCUT2D eigenvalue weighted by Crippen LogP contribution is 2.29. The average Bonchev–Trinajstić information content (AvgIpc) is 3.02. The summed E-state index contributed by atoms with van der Waals surface area (Å²) in [6.45, 7) is 0.0498. The molecule has 3 rings (SSSR count). The maximum atomic E-state index is 10.9. The third kappa shape index (κ3) is 3.14. The fourth-order valence-corrected chi connectivity index (χ4v) is 2.54. The van der Waals surface area contributed by atoms with Crippen LogP contribution in [0, 0.1) is 12.8 Å². The molecule has 2 atom stereocenters. The number of nitrogens with two attached hydrogens (primary N) is 1. The number of nitrogens with zero attached hydrogens (tertiary/aromatic N) is 4. The van der Waals surface area contributed by atoms with Crippen LogP contribution in [0.2, 0.25) is 5.15 Å². The molecule has 1 saturated heterocycles. The van der Waals surface area contributed by atoms with Gasteiger partial charge in [0.1, 0.15) is 18.1 Å². The van der Waals surface area contributed by atoms with Gasteiger partial charge >= 0.3 is 0 Å². The van der Waals surface area contributed by atoms with Gasteiger partial charge in [-0.1, -0.05) is 11.6 Å². The summed E-state index contributed by atoms with van der Waals surface area (Å²) >= 11 is 5.93. The average molecular weight is 331 g/mol. The van der Waals surface area contributed by atoms with Crippen molar-refractivity contribution >= 4 is 33.0 Å². The van der Waals surface area contributed by atoms with Gasteiger partial charge in [0.05, 0.1) is 12.4 Å². The second-order valence-corrected chi connectivity index (χ2v) is 6.07. The molecule has 3 N–H and O–H groups in total. The monoisotopic (exact) mass is 330 g/mol. The first kappa shape index (κ1) is 14.6. The molecule has 1 aliphatic rings. The molecule has 2 aromatic rings. The first-order valence-electron chi connectivity index (χ1n) is 5.88. The largest absolute Gasteiger partial charge is 0.353 e. The van der Waals surface area contributed by atoms with Gasteiger partial charge in [-0.05, 0) is 6.42 Å². The van der Waals surface area contributed by atoms with Crippen molar-refractivity contribution in [2.75, 3.05) is 6.54 Å². The van der Waals surface area contributed by atoms with E-state index in [-0.39, 0.29) is 11.7 Å². The minimum atomic E-state index is -3.74. The number of nitrogens with one attached hydrogen (secondary N) is 1. The number of fused-ring (bicyclic) bond motifs is 1. The molecule has 1 fully saturated rings. The zero-order valence-electron chi connectivity index (χ0n) is 10.5. The number of hydrogen-bond acceptors (Lipinski definition) is 6. The molecule has 9 nitrogen and oxygen atoms in total. The van der Waals surface area contributed by atoms with Crippen molar-refractivity contribution in [1.82, 2.24) is 24.2 Å². The summed E-state index contributed by atoms with van der Waals surface area (Å²) in [6.07, 6.45) is 5.50. The van der Waals surface area contributed by atoms with Crippen LogP contribution in [0.3, 0.4) is 0 Å². The molecule has 0 bridgehead atoms. The summed E-state index contributed by atoms with van der Waals surface area (Å²) in [4.78, 5) is 12.1. The van der Waals surface area contributed by atoms with Crippen molar-refractivity contribution in [3.05, 3.63) is 30.6 Å². The second-order valence-electron chi connectivity index (χ2n) is 4.33. The van der Waals surface area contributed by atoms with Crippen molar-refractivity contribution in [3.8, 4) is 0 Å². The quantitative estimate of drug-likeness (QED) is 0.733. The number of imidazole rings is 1. The van der Waals surface area contributed by atoms with Crippen LogP contribution < -0.4 is 9.86 Å². The fourth-order valence-electron chi connectivity index (χ4n) is 1.97. The van der Waals surface area contributed by atoms with Crippen LogP contribution in [-0.2, 0) is 14.9 Å². The summed E-state index contributed by atoms with van der Waals surface area (Å²) in [6, 6.07) is 0. The van der Waals surface area contributed by atoms with E-state index in [1.54, 1.807) is 17.4 Å².